The van der Waals surface area contributed by atoms with Gasteiger partial charge in [0, 0.05) is 24.5 Å². The van der Waals surface area contributed by atoms with Crippen LogP contribution in [-0.2, 0) is 6.42 Å². The molecule has 4 heteroatoms. The van der Waals surface area contributed by atoms with E-state index in [0.29, 0.717) is 18.5 Å². The Labute approximate surface area is 99.5 Å². The summed E-state index contributed by atoms with van der Waals surface area (Å²) in [7, 11) is 0. The maximum Gasteiger partial charge on any atom is 0.183 e. The molecule has 1 aromatic carbocycles. The maximum absolute atomic E-state index is 11.8. The van der Waals surface area contributed by atoms with E-state index < -0.39 is 0 Å². The molecule has 0 aliphatic carbocycles. The molecular weight excluding hydrogens is 214 g/mol. The van der Waals surface area contributed by atoms with E-state index in [1.807, 2.05) is 24.3 Å². The zero-order valence-corrected chi connectivity index (χ0v) is 9.34. The van der Waals surface area contributed by atoms with Crippen LogP contribution in [0.25, 0.3) is 0 Å². The molecule has 0 saturated carbocycles. The smallest absolute Gasteiger partial charge is 0.183 e. The highest BCUT2D eigenvalue weighted by Crippen LogP contribution is 2.09. The van der Waals surface area contributed by atoms with E-state index in [1.54, 1.807) is 6.20 Å². The number of nitrogens with zero attached hydrogens (tertiary/aromatic N) is 2. The number of nitrogens with two attached hydrogens (primary N) is 1. The van der Waals surface area contributed by atoms with Crippen molar-refractivity contribution in [3.63, 3.8) is 0 Å². The summed E-state index contributed by atoms with van der Waals surface area (Å²) in [6.45, 7) is 0. The third-order valence-corrected chi connectivity index (χ3v) is 2.47. The van der Waals surface area contributed by atoms with E-state index in [-0.39, 0.29) is 5.78 Å². The normalized spacial score (nSPS) is 10.1. The van der Waals surface area contributed by atoms with Crippen molar-refractivity contribution in [3.05, 3.63) is 54.1 Å². The van der Waals surface area contributed by atoms with Crippen LogP contribution < -0.4 is 5.73 Å². The Morgan fingerprint density at radius 3 is 2.59 bits per heavy atom. The van der Waals surface area contributed by atoms with Crippen molar-refractivity contribution in [2.24, 2.45) is 0 Å². The van der Waals surface area contributed by atoms with Gasteiger partial charge in [-0.05, 0) is 24.1 Å². The molecule has 86 valence electrons. The molecule has 1 aromatic heterocycles. The van der Waals surface area contributed by atoms with Gasteiger partial charge in [-0.25, -0.2) is 4.98 Å². The summed E-state index contributed by atoms with van der Waals surface area (Å²) in [5.74, 6) is 0.00919. The first kappa shape index (κ1) is 11.3. The third kappa shape index (κ3) is 3.11. The lowest BCUT2D eigenvalue weighted by atomic mass is 10.1. The number of rotatable bonds is 4. The molecule has 2 N–H and O–H groups in total. The van der Waals surface area contributed by atoms with Gasteiger partial charge in [0.2, 0.25) is 0 Å². The number of carbonyl (C=O) groups excluding carboxylic acids is 1. The van der Waals surface area contributed by atoms with E-state index in [2.05, 4.69) is 9.97 Å². The van der Waals surface area contributed by atoms with Crippen molar-refractivity contribution in [1.82, 2.24) is 9.97 Å². The first-order valence-electron chi connectivity index (χ1n) is 5.39. The average Bonchev–Trinajstić information content (AvgIpc) is 2.39. The highest BCUT2D eigenvalue weighted by Gasteiger charge is 2.07. The first-order valence-corrected chi connectivity index (χ1v) is 5.39. The quantitative estimate of drug-likeness (QED) is 0.639. The zero-order chi connectivity index (χ0) is 12.1. The van der Waals surface area contributed by atoms with Crippen molar-refractivity contribution < 1.29 is 4.79 Å². The minimum Gasteiger partial charge on any atom is -0.399 e. The van der Waals surface area contributed by atoms with Crippen LogP contribution in [0.4, 0.5) is 5.69 Å². The van der Waals surface area contributed by atoms with Crippen LogP contribution in [0.15, 0.2) is 42.9 Å². The number of ketones is 1. The second kappa shape index (κ2) is 5.21. The van der Waals surface area contributed by atoms with Crippen LogP contribution in [0, 0.1) is 0 Å². The summed E-state index contributed by atoms with van der Waals surface area (Å²) in [6, 6.07) is 7.53. The van der Waals surface area contributed by atoms with E-state index >= 15 is 0 Å². The molecule has 0 fully saturated rings. The van der Waals surface area contributed by atoms with Gasteiger partial charge in [-0.3, -0.25) is 9.78 Å². The van der Waals surface area contributed by atoms with Crippen molar-refractivity contribution in [2.75, 3.05) is 5.73 Å². The Morgan fingerprint density at radius 1 is 1.18 bits per heavy atom. The number of hydrogen-bond acceptors (Lipinski definition) is 4. The van der Waals surface area contributed by atoms with E-state index in [4.69, 9.17) is 5.73 Å². The Kier molecular flexibility index (Phi) is 3.45. The highest BCUT2D eigenvalue weighted by molar-refractivity contribution is 5.93. The van der Waals surface area contributed by atoms with Crippen LogP contribution in [0.5, 0.6) is 0 Å². The van der Waals surface area contributed by atoms with Gasteiger partial charge >= 0.3 is 0 Å². The monoisotopic (exact) mass is 227 g/mol. The fraction of sp³-hybridized carbons (Fsp3) is 0.154. The molecule has 4 nitrogen and oxygen atoms in total. The predicted molar refractivity (Wildman–Crippen MR) is 65.5 cm³/mol. The van der Waals surface area contributed by atoms with Crippen LogP contribution in [0.3, 0.4) is 0 Å². The summed E-state index contributed by atoms with van der Waals surface area (Å²) in [6.07, 6.45) is 5.69. The number of Topliss-reactive ketones (excluding diaryl/α,β-unsaturated/α-hetero) is 1. The Morgan fingerprint density at radius 2 is 1.94 bits per heavy atom. The largest absolute Gasteiger partial charge is 0.399 e. The van der Waals surface area contributed by atoms with Crippen LogP contribution in [0.2, 0.25) is 0 Å². The first-order chi connectivity index (χ1) is 8.25. The molecule has 0 radical (unpaired) electrons. The molecule has 0 amide bonds. The van der Waals surface area contributed by atoms with Gasteiger partial charge in [0.15, 0.2) is 5.78 Å². The molecule has 0 atom stereocenters. The fourth-order valence-corrected chi connectivity index (χ4v) is 1.51. The van der Waals surface area contributed by atoms with Gasteiger partial charge in [0.25, 0.3) is 0 Å². The molecule has 17 heavy (non-hydrogen) atoms. The molecular formula is C13H13N3O. The molecule has 0 aliphatic heterocycles. The lowest BCUT2D eigenvalue weighted by Crippen LogP contribution is -2.04. The second-order valence-corrected chi connectivity index (χ2v) is 3.76. The fourth-order valence-electron chi connectivity index (χ4n) is 1.51. The van der Waals surface area contributed by atoms with Gasteiger partial charge in [0.05, 0.1) is 6.20 Å². The standard InChI is InChI=1S/C13H13N3O/c14-11-4-1-10(2-5-11)3-6-13(17)12-9-15-7-8-16-12/h1-2,4-5,7-9H,3,6,14H2. The highest BCUT2D eigenvalue weighted by atomic mass is 16.1. The summed E-state index contributed by atoms with van der Waals surface area (Å²) in [5.41, 5.74) is 7.83. The van der Waals surface area contributed by atoms with Crippen molar-refractivity contribution in [1.29, 1.82) is 0 Å². The van der Waals surface area contributed by atoms with Gasteiger partial charge in [-0.15, -0.1) is 0 Å². The summed E-state index contributed by atoms with van der Waals surface area (Å²) in [5, 5.41) is 0. The predicted octanol–water partition coefficient (Wildman–Crippen LogP) is 1.87. The lowest BCUT2D eigenvalue weighted by molar-refractivity contribution is 0.0977. The van der Waals surface area contributed by atoms with E-state index in [0.717, 1.165) is 11.3 Å². The number of aryl methyl sites for hydroxylation is 1. The number of carbonyl (C=O) groups is 1. The van der Waals surface area contributed by atoms with Gasteiger partial charge < -0.3 is 5.73 Å². The van der Waals surface area contributed by atoms with Crippen molar-refractivity contribution >= 4 is 11.5 Å². The molecule has 0 aliphatic rings. The Balaban J connectivity index is 1.95. The summed E-state index contributed by atoms with van der Waals surface area (Å²) in [4.78, 5) is 19.6. The number of hydrogen-bond donors (Lipinski definition) is 1. The Bertz CT molecular complexity index is 494. The number of nitrogen functional groups attached to an aromatic ring is 1. The molecule has 0 bridgehead atoms. The van der Waals surface area contributed by atoms with Gasteiger partial charge in [0.1, 0.15) is 5.69 Å². The molecule has 2 aromatic rings. The minimum absolute atomic E-state index is 0.00919. The average molecular weight is 227 g/mol. The molecule has 0 saturated heterocycles. The van der Waals surface area contributed by atoms with Crippen LogP contribution >= 0.6 is 0 Å². The molecule has 2 rings (SSSR count). The van der Waals surface area contributed by atoms with Crippen LogP contribution in [-0.4, -0.2) is 15.8 Å². The minimum atomic E-state index is 0.00919. The zero-order valence-electron chi connectivity index (χ0n) is 9.34. The van der Waals surface area contributed by atoms with Gasteiger partial charge in [-0.1, -0.05) is 12.1 Å². The molecule has 0 spiro atoms. The molecule has 0 unspecified atom stereocenters. The Hall–Kier alpha value is -2.23. The van der Waals surface area contributed by atoms with E-state index in [9.17, 15) is 4.79 Å². The number of aromatic nitrogens is 2. The third-order valence-electron chi connectivity index (χ3n) is 2.47. The maximum atomic E-state index is 11.8. The topological polar surface area (TPSA) is 68.9 Å². The number of anilines is 1. The SMILES string of the molecule is Nc1ccc(CCC(=O)c2cnccn2)cc1. The lowest BCUT2D eigenvalue weighted by Gasteiger charge is -2.01. The summed E-state index contributed by atoms with van der Waals surface area (Å²) < 4.78 is 0. The van der Waals surface area contributed by atoms with Gasteiger partial charge in [-0.2, -0.15) is 0 Å². The van der Waals surface area contributed by atoms with Crippen molar-refractivity contribution in [3.8, 4) is 0 Å². The summed E-state index contributed by atoms with van der Waals surface area (Å²) >= 11 is 0. The van der Waals surface area contributed by atoms with E-state index in [1.165, 1.54) is 12.4 Å². The molecule has 1 heterocycles. The second-order valence-electron chi connectivity index (χ2n) is 3.76. The van der Waals surface area contributed by atoms with Crippen molar-refractivity contribution in [2.45, 2.75) is 12.8 Å². The number of benzene rings is 1. The van der Waals surface area contributed by atoms with Crippen LogP contribution in [0.1, 0.15) is 22.5 Å².